The highest BCUT2D eigenvalue weighted by atomic mass is 19.4. The first-order valence-electron chi connectivity index (χ1n) is 6.75. The molecule has 132 valence electrons. The van der Waals surface area contributed by atoms with E-state index in [0.717, 1.165) is 45.7 Å². The summed E-state index contributed by atoms with van der Waals surface area (Å²) in [6, 6.07) is 3.64. The maximum Gasteiger partial charge on any atom is 0.433 e. The maximum atomic E-state index is 13.0. The number of halogens is 6. The Labute approximate surface area is 135 Å². The van der Waals surface area contributed by atoms with E-state index in [4.69, 9.17) is 0 Å². The molecule has 0 saturated carbocycles. The molecule has 0 aromatic carbocycles. The topological polar surface area (TPSA) is 52.2 Å². The van der Waals surface area contributed by atoms with Crippen molar-refractivity contribution in [1.29, 1.82) is 0 Å². The molecule has 0 unspecified atom stereocenters. The summed E-state index contributed by atoms with van der Waals surface area (Å²) in [5.41, 5.74) is -3.44. The third-order valence-electron chi connectivity index (χ3n) is 3.36. The highest BCUT2D eigenvalue weighted by Crippen LogP contribution is 2.31. The Morgan fingerprint density at radius 2 is 1.72 bits per heavy atom. The Bertz CT molecular complexity index is 968. The van der Waals surface area contributed by atoms with Gasteiger partial charge in [-0.3, -0.25) is 4.98 Å². The Hall–Kier alpha value is -2.85. The van der Waals surface area contributed by atoms with Crippen LogP contribution in [0.5, 0.6) is 0 Å². The second-order valence-electron chi connectivity index (χ2n) is 5.10. The first-order valence-corrected chi connectivity index (χ1v) is 6.75. The van der Waals surface area contributed by atoms with E-state index in [2.05, 4.69) is 10.1 Å². The van der Waals surface area contributed by atoms with Crippen LogP contribution in [-0.2, 0) is 18.9 Å². The minimum atomic E-state index is -4.70. The molecule has 11 heteroatoms. The largest absolute Gasteiger partial charge is 0.433 e. The highest BCUT2D eigenvalue weighted by molar-refractivity contribution is 5.48. The van der Waals surface area contributed by atoms with E-state index in [9.17, 15) is 31.1 Å². The van der Waals surface area contributed by atoms with Gasteiger partial charge in [0.05, 0.1) is 6.54 Å². The summed E-state index contributed by atoms with van der Waals surface area (Å²) in [5.74, 6) is 0. The lowest BCUT2D eigenvalue weighted by molar-refractivity contribution is -0.141. The first-order chi connectivity index (χ1) is 11.6. The summed E-state index contributed by atoms with van der Waals surface area (Å²) in [4.78, 5) is 15.4. The lowest BCUT2D eigenvalue weighted by Crippen LogP contribution is -2.22. The van der Waals surface area contributed by atoms with Crippen LogP contribution in [0, 0.1) is 0 Å². The number of hydrogen-bond donors (Lipinski definition) is 0. The molecular weight excluding hydrogens is 354 g/mol. The summed E-state index contributed by atoms with van der Waals surface area (Å²) in [6.07, 6.45) is -7.29. The van der Waals surface area contributed by atoms with Gasteiger partial charge in [-0.15, -0.1) is 5.10 Å². The fourth-order valence-electron chi connectivity index (χ4n) is 2.22. The van der Waals surface area contributed by atoms with Crippen LogP contribution in [-0.4, -0.2) is 19.2 Å². The third kappa shape index (κ3) is 3.21. The zero-order chi connectivity index (χ0) is 18.4. The molecule has 0 fully saturated rings. The van der Waals surface area contributed by atoms with E-state index < -0.39 is 34.9 Å². The van der Waals surface area contributed by atoms with Crippen LogP contribution >= 0.6 is 0 Å². The molecule has 3 aromatic heterocycles. The van der Waals surface area contributed by atoms with Crippen molar-refractivity contribution in [2.75, 3.05) is 0 Å². The van der Waals surface area contributed by atoms with Gasteiger partial charge in [0, 0.05) is 12.4 Å². The molecule has 3 heterocycles. The van der Waals surface area contributed by atoms with Crippen molar-refractivity contribution in [1.82, 2.24) is 19.2 Å². The Balaban J connectivity index is 2.00. The quantitative estimate of drug-likeness (QED) is 0.659. The average Bonchev–Trinajstić information content (AvgIpc) is 2.82. The SMILES string of the molecule is O=c1n(Cc2ccc(C(F)(F)F)nc2)nc2c(C(F)(F)F)cccn12. The van der Waals surface area contributed by atoms with Crippen LogP contribution in [0.15, 0.2) is 41.5 Å². The predicted octanol–water partition coefficient (Wildman–Crippen LogP) is 2.98. The van der Waals surface area contributed by atoms with Crippen molar-refractivity contribution in [2.24, 2.45) is 0 Å². The van der Waals surface area contributed by atoms with Crippen LogP contribution in [0.2, 0.25) is 0 Å². The van der Waals surface area contributed by atoms with Gasteiger partial charge in [0.1, 0.15) is 11.3 Å². The molecule has 0 spiro atoms. The summed E-state index contributed by atoms with van der Waals surface area (Å²) in [7, 11) is 0. The molecule has 5 nitrogen and oxygen atoms in total. The van der Waals surface area contributed by atoms with E-state index >= 15 is 0 Å². The number of alkyl halides is 6. The number of hydrogen-bond acceptors (Lipinski definition) is 3. The lowest BCUT2D eigenvalue weighted by atomic mass is 10.2. The number of aromatic nitrogens is 4. The number of rotatable bonds is 2. The third-order valence-corrected chi connectivity index (χ3v) is 3.36. The van der Waals surface area contributed by atoms with Crippen LogP contribution in [0.3, 0.4) is 0 Å². The van der Waals surface area contributed by atoms with Gasteiger partial charge in [-0.25, -0.2) is 13.9 Å². The van der Waals surface area contributed by atoms with Crippen LogP contribution < -0.4 is 5.69 Å². The van der Waals surface area contributed by atoms with Gasteiger partial charge >= 0.3 is 18.0 Å². The van der Waals surface area contributed by atoms with Crippen LogP contribution in [0.4, 0.5) is 26.3 Å². The van der Waals surface area contributed by atoms with Gasteiger partial charge in [0.25, 0.3) is 0 Å². The van der Waals surface area contributed by atoms with E-state index in [1.54, 1.807) is 0 Å². The van der Waals surface area contributed by atoms with Crippen LogP contribution in [0.25, 0.3) is 5.65 Å². The highest BCUT2D eigenvalue weighted by Gasteiger charge is 2.35. The monoisotopic (exact) mass is 362 g/mol. The lowest BCUT2D eigenvalue weighted by Gasteiger charge is -2.06. The smallest absolute Gasteiger partial charge is 0.251 e. The van der Waals surface area contributed by atoms with Crippen LogP contribution in [0.1, 0.15) is 16.8 Å². The normalized spacial score (nSPS) is 12.7. The molecule has 0 aliphatic rings. The van der Waals surface area contributed by atoms with Gasteiger partial charge in [0.15, 0.2) is 5.65 Å². The van der Waals surface area contributed by atoms with Crippen molar-refractivity contribution < 1.29 is 26.3 Å². The summed E-state index contributed by atoms with van der Waals surface area (Å²) >= 11 is 0. The van der Waals surface area contributed by atoms with Gasteiger partial charge < -0.3 is 0 Å². The van der Waals surface area contributed by atoms with Crippen molar-refractivity contribution >= 4 is 5.65 Å². The fraction of sp³-hybridized carbons (Fsp3) is 0.214. The minimum Gasteiger partial charge on any atom is -0.251 e. The second-order valence-corrected chi connectivity index (χ2v) is 5.10. The van der Waals surface area contributed by atoms with Crippen molar-refractivity contribution in [3.63, 3.8) is 0 Å². The second kappa shape index (κ2) is 5.60. The molecule has 0 bridgehead atoms. The first kappa shape index (κ1) is 17.0. The predicted molar refractivity (Wildman–Crippen MR) is 72.8 cm³/mol. The van der Waals surface area contributed by atoms with Gasteiger partial charge in [-0.2, -0.15) is 26.3 Å². The molecule has 3 aromatic rings. The number of nitrogens with zero attached hydrogens (tertiary/aromatic N) is 4. The minimum absolute atomic E-state index is 0.187. The summed E-state index contributed by atoms with van der Waals surface area (Å²) in [6.45, 7) is -0.317. The number of pyridine rings is 2. The van der Waals surface area contributed by atoms with E-state index in [0.29, 0.717) is 0 Å². The maximum absolute atomic E-state index is 13.0. The van der Waals surface area contributed by atoms with E-state index in [1.807, 2.05) is 0 Å². The van der Waals surface area contributed by atoms with Crippen molar-refractivity contribution in [3.8, 4) is 0 Å². The fourth-order valence-corrected chi connectivity index (χ4v) is 2.22. The average molecular weight is 362 g/mol. The molecule has 0 amide bonds. The molecule has 0 N–H and O–H groups in total. The van der Waals surface area contributed by atoms with Gasteiger partial charge in [-0.1, -0.05) is 6.07 Å². The molecule has 0 radical (unpaired) electrons. The molecular formula is C14H8F6N4O. The summed E-state index contributed by atoms with van der Waals surface area (Å²) in [5, 5.41) is 3.64. The molecule has 0 saturated heterocycles. The molecule has 3 rings (SSSR count). The van der Waals surface area contributed by atoms with Gasteiger partial charge in [-0.05, 0) is 23.8 Å². The van der Waals surface area contributed by atoms with E-state index in [1.165, 1.54) is 0 Å². The zero-order valence-electron chi connectivity index (χ0n) is 12.1. The van der Waals surface area contributed by atoms with E-state index in [-0.39, 0.29) is 12.1 Å². The zero-order valence-corrected chi connectivity index (χ0v) is 12.1. The molecule has 0 aliphatic carbocycles. The summed E-state index contributed by atoms with van der Waals surface area (Å²) < 4.78 is 77.7. The van der Waals surface area contributed by atoms with Gasteiger partial charge in [0.2, 0.25) is 0 Å². The molecule has 0 aliphatic heterocycles. The Kier molecular flexibility index (Phi) is 3.81. The molecule has 25 heavy (non-hydrogen) atoms. The standard InChI is InChI=1S/C14H8F6N4O/c15-13(16,17)9-2-1-5-23-11(9)22-24(12(23)25)7-8-3-4-10(21-6-8)14(18,19)20/h1-6H,7H2. The number of fused-ring (bicyclic) bond motifs is 1. The van der Waals surface area contributed by atoms with Crippen molar-refractivity contribution in [3.05, 3.63) is 64.0 Å². The molecule has 0 atom stereocenters. The van der Waals surface area contributed by atoms with Crippen molar-refractivity contribution in [2.45, 2.75) is 18.9 Å². The Morgan fingerprint density at radius 3 is 2.28 bits per heavy atom. The Morgan fingerprint density at radius 1 is 1.00 bits per heavy atom.